The molecule has 0 fully saturated rings. The van der Waals surface area contributed by atoms with Gasteiger partial charge in [0.25, 0.3) is 0 Å². The van der Waals surface area contributed by atoms with E-state index >= 15 is 0 Å². The number of benzene rings is 1. The van der Waals surface area contributed by atoms with Gasteiger partial charge in [-0.05, 0) is 47.2 Å². The molecule has 4 nitrogen and oxygen atoms in total. The number of hydrogen-bond donors (Lipinski definition) is 1. The molecule has 0 aliphatic carbocycles. The van der Waals surface area contributed by atoms with Crippen LogP contribution < -0.4 is 5.32 Å². The van der Waals surface area contributed by atoms with Crippen LogP contribution in [0.3, 0.4) is 0 Å². The van der Waals surface area contributed by atoms with E-state index in [1.54, 1.807) is 10.6 Å². The topological polar surface area (TPSA) is 42.2 Å². The summed E-state index contributed by atoms with van der Waals surface area (Å²) >= 11 is 3.50. The summed E-state index contributed by atoms with van der Waals surface area (Å²) in [4.78, 5) is 4.47. The molecule has 1 N–H and O–H groups in total. The molecule has 6 heteroatoms. The zero-order chi connectivity index (χ0) is 14.1. The highest BCUT2D eigenvalue weighted by atomic mass is 79.9. The molecular weight excluding hydrogens is 323 g/mol. The number of nitrogens with zero attached hydrogens (tertiary/aromatic N) is 3. The third kappa shape index (κ3) is 2.32. The van der Waals surface area contributed by atoms with E-state index in [1.807, 2.05) is 25.2 Å². The fraction of sp³-hybridized carbons (Fsp3) is 0.143. The first-order valence-electron chi connectivity index (χ1n) is 6.14. The monoisotopic (exact) mass is 334 g/mol. The Morgan fingerprint density at radius 3 is 2.90 bits per heavy atom. The lowest BCUT2D eigenvalue weighted by atomic mass is 10.1. The van der Waals surface area contributed by atoms with Gasteiger partial charge in [0.1, 0.15) is 10.4 Å². The summed E-state index contributed by atoms with van der Waals surface area (Å²) in [7, 11) is 1.86. The second-order valence-corrected chi connectivity index (χ2v) is 5.13. The molecule has 0 atom stereocenters. The van der Waals surface area contributed by atoms with Gasteiger partial charge in [0.2, 0.25) is 0 Å². The summed E-state index contributed by atoms with van der Waals surface area (Å²) in [5.41, 5.74) is 3.08. The molecule has 0 radical (unpaired) electrons. The van der Waals surface area contributed by atoms with E-state index in [2.05, 4.69) is 31.3 Å². The Labute approximate surface area is 123 Å². The largest absolute Gasteiger partial charge is 0.314 e. The molecule has 0 spiro atoms. The Balaban J connectivity index is 2.12. The van der Waals surface area contributed by atoms with Crippen molar-refractivity contribution >= 4 is 21.6 Å². The average molecular weight is 335 g/mol. The van der Waals surface area contributed by atoms with Gasteiger partial charge in [-0.25, -0.2) is 13.9 Å². The van der Waals surface area contributed by atoms with E-state index in [0.29, 0.717) is 12.2 Å². The number of halogens is 2. The highest BCUT2D eigenvalue weighted by molar-refractivity contribution is 9.10. The summed E-state index contributed by atoms with van der Waals surface area (Å²) in [6.45, 7) is 0.652. The van der Waals surface area contributed by atoms with E-state index in [-0.39, 0.29) is 5.82 Å². The van der Waals surface area contributed by atoms with Crippen LogP contribution in [-0.2, 0) is 6.54 Å². The van der Waals surface area contributed by atoms with Crippen LogP contribution in [-0.4, -0.2) is 21.6 Å². The van der Waals surface area contributed by atoms with Gasteiger partial charge in [-0.1, -0.05) is 12.1 Å². The molecule has 0 bridgehead atoms. The minimum Gasteiger partial charge on any atom is -0.314 e. The Bertz CT molecular complexity index is 769. The normalized spacial score (nSPS) is 11.2. The second-order valence-electron chi connectivity index (χ2n) is 4.38. The Kier molecular flexibility index (Phi) is 3.50. The molecule has 0 unspecified atom stereocenters. The van der Waals surface area contributed by atoms with Crippen molar-refractivity contribution in [3.05, 3.63) is 52.5 Å². The Hall–Kier alpha value is -1.79. The third-order valence-corrected chi connectivity index (χ3v) is 3.75. The number of fused-ring (bicyclic) bond motifs is 1. The lowest BCUT2D eigenvalue weighted by Gasteiger charge is -2.02. The van der Waals surface area contributed by atoms with Crippen molar-refractivity contribution < 1.29 is 4.39 Å². The van der Waals surface area contributed by atoms with Crippen molar-refractivity contribution in [3.63, 3.8) is 0 Å². The van der Waals surface area contributed by atoms with Crippen LogP contribution >= 0.6 is 15.9 Å². The predicted molar refractivity (Wildman–Crippen MR) is 78.8 cm³/mol. The van der Waals surface area contributed by atoms with Crippen molar-refractivity contribution in [1.82, 2.24) is 19.9 Å². The number of aromatic nitrogens is 3. The van der Waals surface area contributed by atoms with Crippen LogP contribution in [0.15, 0.2) is 41.0 Å². The van der Waals surface area contributed by atoms with Gasteiger partial charge >= 0.3 is 0 Å². The van der Waals surface area contributed by atoms with Crippen LogP contribution in [0.1, 0.15) is 5.69 Å². The lowest BCUT2D eigenvalue weighted by molar-refractivity contribution is 0.628. The minimum absolute atomic E-state index is 0.273. The Morgan fingerprint density at radius 1 is 1.30 bits per heavy atom. The first kappa shape index (κ1) is 13.2. The molecule has 0 aliphatic rings. The highest BCUT2D eigenvalue weighted by Crippen LogP contribution is 2.22. The zero-order valence-corrected chi connectivity index (χ0v) is 12.4. The molecular formula is C14H12BrFN4. The molecule has 2 heterocycles. The second kappa shape index (κ2) is 5.30. The maximum Gasteiger partial charge on any atom is 0.155 e. The maximum atomic E-state index is 13.3. The first-order chi connectivity index (χ1) is 9.69. The van der Waals surface area contributed by atoms with E-state index in [4.69, 9.17) is 0 Å². The molecule has 2 aromatic heterocycles. The molecule has 1 aromatic carbocycles. The van der Waals surface area contributed by atoms with Crippen molar-refractivity contribution in [1.29, 1.82) is 0 Å². The van der Waals surface area contributed by atoms with Gasteiger partial charge in [-0.3, -0.25) is 0 Å². The van der Waals surface area contributed by atoms with Gasteiger partial charge in [0.05, 0.1) is 11.4 Å². The van der Waals surface area contributed by atoms with E-state index in [1.165, 1.54) is 12.1 Å². The molecule has 20 heavy (non-hydrogen) atoms. The summed E-state index contributed by atoms with van der Waals surface area (Å²) < 4.78 is 15.8. The van der Waals surface area contributed by atoms with Crippen molar-refractivity contribution in [2.24, 2.45) is 0 Å². The van der Waals surface area contributed by atoms with Gasteiger partial charge < -0.3 is 5.32 Å². The van der Waals surface area contributed by atoms with Crippen molar-refractivity contribution in [2.75, 3.05) is 7.05 Å². The highest BCUT2D eigenvalue weighted by Gasteiger charge is 2.11. The van der Waals surface area contributed by atoms with Crippen LogP contribution in [0.2, 0.25) is 0 Å². The summed E-state index contributed by atoms with van der Waals surface area (Å²) in [5.74, 6) is -0.273. The lowest BCUT2D eigenvalue weighted by Crippen LogP contribution is -2.05. The minimum atomic E-state index is -0.273. The molecule has 0 saturated heterocycles. The van der Waals surface area contributed by atoms with Gasteiger partial charge in [-0.2, -0.15) is 5.10 Å². The number of nitrogens with one attached hydrogen (secondary N) is 1. The summed E-state index contributed by atoms with van der Waals surface area (Å²) in [5, 5.41) is 7.56. The zero-order valence-electron chi connectivity index (χ0n) is 10.8. The van der Waals surface area contributed by atoms with Gasteiger partial charge in [0.15, 0.2) is 5.65 Å². The number of hydrogen-bond acceptors (Lipinski definition) is 3. The van der Waals surface area contributed by atoms with Crippen LogP contribution in [0.4, 0.5) is 4.39 Å². The smallest absolute Gasteiger partial charge is 0.155 e. The molecule has 102 valence electrons. The van der Waals surface area contributed by atoms with Gasteiger partial charge in [0, 0.05) is 12.1 Å². The number of rotatable bonds is 3. The summed E-state index contributed by atoms with van der Waals surface area (Å²) in [6.07, 6.45) is 0. The molecule has 0 saturated carbocycles. The van der Waals surface area contributed by atoms with Crippen LogP contribution in [0, 0.1) is 5.82 Å². The third-order valence-electron chi connectivity index (χ3n) is 2.95. The Morgan fingerprint density at radius 2 is 2.15 bits per heavy atom. The molecule has 0 aliphatic heterocycles. The molecule has 0 amide bonds. The van der Waals surface area contributed by atoms with Crippen molar-refractivity contribution in [3.8, 4) is 11.3 Å². The standard InChI is InChI=1S/C14H12BrFN4/c1-17-8-12-14(15)20-13(18-12)6-5-11(19-20)9-3-2-4-10(16)7-9/h2-7,17H,8H2,1H3. The molecule has 3 rings (SSSR count). The van der Waals surface area contributed by atoms with Crippen LogP contribution in [0.5, 0.6) is 0 Å². The first-order valence-corrected chi connectivity index (χ1v) is 6.93. The van der Waals surface area contributed by atoms with Crippen LogP contribution in [0.25, 0.3) is 16.9 Å². The van der Waals surface area contributed by atoms with E-state index in [0.717, 1.165) is 21.5 Å². The predicted octanol–water partition coefficient (Wildman–Crippen LogP) is 3.02. The fourth-order valence-electron chi connectivity index (χ4n) is 2.03. The van der Waals surface area contributed by atoms with Crippen molar-refractivity contribution in [2.45, 2.75) is 6.54 Å². The maximum absolute atomic E-state index is 13.3. The summed E-state index contributed by atoms with van der Waals surface area (Å²) in [6, 6.07) is 10.1. The van der Waals surface area contributed by atoms with E-state index < -0.39 is 0 Å². The molecule has 3 aromatic rings. The van der Waals surface area contributed by atoms with E-state index in [9.17, 15) is 4.39 Å². The SMILES string of the molecule is CNCc1nc2ccc(-c3cccc(F)c3)nn2c1Br. The average Bonchev–Trinajstić information content (AvgIpc) is 2.76. The number of imidazole rings is 1. The quantitative estimate of drug-likeness (QED) is 0.800. The van der Waals surface area contributed by atoms with Gasteiger partial charge in [-0.15, -0.1) is 0 Å². The fourth-order valence-corrected chi connectivity index (χ4v) is 2.52.